The highest BCUT2D eigenvalue weighted by Gasteiger charge is 2.19. The summed E-state index contributed by atoms with van der Waals surface area (Å²) in [6.07, 6.45) is 5.55. The molecule has 0 atom stereocenters. The molecular weight excluding hydrogens is 260 g/mol. The standard InChI is InChI=1S/C11H15BrOS/c12-9-6-11(14-7-9)5-8-1-3-10(13)4-2-8/h6-8,10,13H,1-5H2. The van der Waals surface area contributed by atoms with Crippen LogP contribution in [0.3, 0.4) is 0 Å². The summed E-state index contributed by atoms with van der Waals surface area (Å²) in [6.45, 7) is 0. The maximum atomic E-state index is 9.39. The smallest absolute Gasteiger partial charge is 0.0540 e. The minimum atomic E-state index is -0.0266. The lowest BCUT2D eigenvalue weighted by atomic mass is 9.85. The summed E-state index contributed by atoms with van der Waals surface area (Å²) < 4.78 is 1.20. The van der Waals surface area contributed by atoms with Gasteiger partial charge in [0.05, 0.1) is 6.10 Å². The van der Waals surface area contributed by atoms with E-state index in [1.165, 1.54) is 28.6 Å². The fourth-order valence-corrected chi connectivity index (χ4v) is 3.66. The van der Waals surface area contributed by atoms with Gasteiger partial charge < -0.3 is 5.11 Å². The van der Waals surface area contributed by atoms with Crippen molar-refractivity contribution in [1.29, 1.82) is 0 Å². The molecular formula is C11H15BrOS. The Hall–Kier alpha value is 0.140. The van der Waals surface area contributed by atoms with Crippen LogP contribution in [0.25, 0.3) is 0 Å². The van der Waals surface area contributed by atoms with Crippen molar-refractivity contribution in [3.05, 3.63) is 20.8 Å². The highest BCUT2D eigenvalue weighted by molar-refractivity contribution is 9.10. The summed E-state index contributed by atoms with van der Waals surface area (Å²) in [5.41, 5.74) is 0. The number of thiophene rings is 1. The fraction of sp³-hybridized carbons (Fsp3) is 0.636. The molecule has 0 aliphatic heterocycles. The van der Waals surface area contributed by atoms with Crippen LogP contribution >= 0.6 is 27.3 Å². The Morgan fingerprint density at radius 2 is 2.07 bits per heavy atom. The third-order valence-corrected chi connectivity index (χ3v) is 4.65. The Kier molecular flexibility index (Phi) is 3.63. The number of aliphatic hydroxyl groups excluding tert-OH is 1. The molecule has 0 amide bonds. The van der Waals surface area contributed by atoms with Crippen LogP contribution in [-0.4, -0.2) is 11.2 Å². The molecule has 1 aromatic rings. The molecule has 1 nitrogen and oxygen atoms in total. The van der Waals surface area contributed by atoms with Crippen LogP contribution in [0, 0.1) is 5.92 Å². The molecule has 0 unspecified atom stereocenters. The van der Waals surface area contributed by atoms with Crippen LogP contribution < -0.4 is 0 Å². The molecule has 0 aromatic carbocycles. The first-order valence-electron chi connectivity index (χ1n) is 5.15. The van der Waals surface area contributed by atoms with Crippen molar-refractivity contribution in [3.8, 4) is 0 Å². The van der Waals surface area contributed by atoms with Crippen molar-refractivity contribution in [2.75, 3.05) is 0 Å². The zero-order chi connectivity index (χ0) is 9.97. The van der Waals surface area contributed by atoms with Crippen molar-refractivity contribution in [1.82, 2.24) is 0 Å². The lowest BCUT2D eigenvalue weighted by Gasteiger charge is -2.24. The first-order chi connectivity index (χ1) is 6.74. The quantitative estimate of drug-likeness (QED) is 0.874. The molecule has 1 N–H and O–H groups in total. The SMILES string of the molecule is OC1CCC(Cc2cc(Br)cs2)CC1. The average Bonchev–Trinajstić information content (AvgIpc) is 2.56. The highest BCUT2D eigenvalue weighted by atomic mass is 79.9. The minimum absolute atomic E-state index is 0.0266. The van der Waals surface area contributed by atoms with E-state index in [1.807, 2.05) is 11.3 Å². The van der Waals surface area contributed by atoms with E-state index in [9.17, 15) is 5.11 Å². The zero-order valence-electron chi connectivity index (χ0n) is 8.08. The lowest BCUT2D eigenvalue weighted by molar-refractivity contribution is 0.109. The van der Waals surface area contributed by atoms with Crippen LogP contribution in [0.4, 0.5) is 0 Å². The van der Waals surface area contributed by atoms with Gasteiger partial charge in [-0.05, 0) is 60.0 Å². The Balaban J connectivity index is 1.86. The third kappa shape index (κ3) is 2.81. The number of aliphatic hydroxyl groups is 1. The van der Waals surface area contributed by atoms with Gasteiger partial charge >= 0.3 is 0 Å². The van der Waals surface area contributed by atoms with E-state index in [4.69, 9.17) is 0 Å². The van der Waals surface area contributed by atoms with E-state index in [1.54, 1.807) is 0 Å². The first kappa shape index (κ1) is 10.7. The first-order valence-corrected chi connectivity index (χ1v) is 6.82. The van der Waals surface area contributed by atoms with Crippen molar-refractivity contribution >= 4 is 27.3 Å². The van der Waals surface area contributed by atoms with Gasteiger partial charge in [-0.25, -0.2) is 0 Å². The van der Waals surface area contributed by atoms with E-state index >= 15 is 0 Å². The van der Waals surface area contributed by atoms with E-state index < -0.39 is 0 Å². The van der Waals surface area contributed by atoms with E-state index in [-0.39, 0.29) is 6.10 Å². The molecule has 1 fully saturated rings. The summed E-state index contributed by atoms with van der Waals surface area (Å²) >= 11 is 5.31. The summed E-state index contributed by atoms with van der Waals surface area (Å²) in [5.74, 6) is 0.795. The monoisotopic (exact) mass is 274 g/mol. The Labute approximate surface area is 97.3 Å². The molecule has 78 valence electrons. The van der Waals surface area contributed by atoms with Crippen LogP contribution in [-0.2, 0) is 6.42 Å². The Bertz CT molecular complexity index is 289. The summed E-state index contributed by atoms with van der Waals surface area (Å²) in [5, 5.41) is 11.5. The largest absolute Gasteiger partial charge is 0.393 e. The Morgan fingerprint density at radius 1 is 1.36 bits per heavy atom. The molecule has 1 heterocycles. The van der Waals surface area contributed by atoms with Gasteiger partial charge in [-0.3, -0.25) is 0 Å². The van der Waals surface area contributed by atoms with E-state index in [2.05, 4.69) is 27.4 Å². The maximum absolute atomic E-state index is 9.39. The molecule has 14 heavy (non-hydrogen) atoms. The molecule has 1 aromatic heterocycles. The van der Waals surface area contributed by atoms with Crippen molar-refractivity contribution in [2.24, 2.45) is 5.92 Å². The number of rotatable bonds is 2. The van der Waals surface area contributed by atoms with E-state index in [0.29, 0.717) is 0 Å². The van der Waals surface area contributed by atoms with E-state index in [0.717, 1.165) is 18.8 Å². The van der Waals surface area contributed by atoms with Crippen LogP contribution in [0.1, 0.15) is 30.6 Å². The molecule has 2 rings (SSSR count). The highest BCUT2D eigenvalue weighted by Crippen LogP contribution is 2.30. The molecule has 0 radical (unpaired) electrons. The fourth-order valence-electron chi connectivity index (χ4n) is 2.09. The molecule has 0 spiro atoms. The molecule has 1 aliphatic rings. The van der Waals surface area contributed by atoms with Gasteiger partial charge in [0.25, 0.3) is 0 Å². The lowest BCUT2D eigenvalue weighted by Crippen LogP contribution is -2.19. The molecule has 0 bridgehead atoms. The van der Waals surface area contributed by atoms with Gasteiger partial charge in [0.1, 0.15) is 0 Å². The average molecular weight is 275 g/mol. The summed E-state index contributed by atoms with van der Waals surface area (Å²) in [6, 6.07) is 2.22. The Morgan fingerprint density at radius 3 is 2.64 bits per heavy atom. The van der Waals surface area contributed by atoms with Crippen LogP contribution in [0.2, 0.25) is 0 Å². The van der Waals surface area contributed by atoms with Gasteiger partial charge in [0.15, 0.2) is 0 Å². The van der Waals surface area contributed by atoms with Gasteiger partial charge in [0, 0.05) is 14.7 Å². The van der Waals surface area contributed by atoms with Gasteiger partial charge in [0.2, 0.25) is 0 Å². The van der Waals surface area contributed by atoms with Crippen LogP contribution in [0.5, 0.6) is 0 Å². The number of hydrogen-bond acceptors (Lipinski definition) is 2. The second-order valence-electron chi connectivity index (χ2n) is 4.11. The second-order valence-corrected chi connectivity index (χ2v) is 6.02. The summed E-state index contributed by atoms with van der Waals surface area (Å²) in [7, 11) is 0. The van der Waals surface area contributed by atoms with Gasteiger partial charge in [-0.2, -0.15) is 0 Å². The number of hydrogen-bond donors (Lipinski definition) is 1. The van der Waals surface area contributed by atoms with Crippen molar-refractivity contribution in [2.45, 2.75) is 38.2 Å². The van der Waals surface area contributed by atoms with Gasteiger partial charge in [-0.1, -0.05) is 0 Å². The molecule has 1 aliphatic carbocycles. The second kappa shape index (κ2) is 4.77. The summed E-state index contributed by atoms with van der Waals surface area (Å²) in [4.78, 5) is 1.47. The van der Waals surface area contributed by atoms with Crippen LogP contribution in [0.15, 0.2) is 15.9 Å². The van der Waals surface area contributed by atoms with Gasteiger partial charge in [-0.15, -0.1) is 11.3 Å². The normalized spacial score (nSPS) is 27.9. The maximum Gasteiger partial charge on any atom is 0.0540 e. The third-order valence-electron chi connectivity index (χ3n) is 2.93. The predicted molar refractivity (Wildman–Crippen MR) is 63.7 cm³/mol. The predicted octanol–water partition coefficient (Wildman–Crippen LogP) is 3.60. The molecule has 3 heteroatoms. The topological polar surface area (TPSA) is 20.2 Å². The van der Waals surface area contributed by atoms with Crippen molar-refractivity contribution < 1.29 is 5.11 Å². The molecule has 1 saturated carbocycles. The minimum Gasteiger partial charge on any atom is -0.393 e. The zero-order valence-corrected chi connectivity index (χ0v) is 10.5. The number of halogens is 1. The molecule has 0 saturated heterocycles. The van der Waals surface area contributed by atoms with Crippen molar-refractivity contribution in [3.63, 3.8) is 0 Å².